The van der Waals surface area contributed by atoms with Crippen LogP contribution in [0.1, 0.15) is 5.56 Å². The number of anilines is 1. The summed E-state index contributed by atoms with van der Waals surface area (Å²) in [4.78, 5) is 10.1. The molecule has 0 bridgehead atoms. The van der Waals surface area contributed by atoms with Crippen LogP contribution in [0.4, 0.5) is 11.4 Å². The lowest BCUT2D eigenvalue weighted by molar-refractivity contribution is -0.384. The molecular weight excluding hydrogens is 258 g/mol. The summed E-state index contributed by atoms with van der Waals surface area (Å²) in [5.74, 6) is 0.724. The molecule has 0 saturated carbocycles. The van der Waals surface area contributed by atoms with Crippen molar-refractivity contribution < 1.29 is 9.66 Å². The van der Waals surface area contributed by atoms with E-state index in [9.17, 15) is 10.1 Å². The van der Waals surface area contributed by atoms with Crippen molar-refractivity contribution in [3.8, 4) is 5.75 Å². The summed E-state index contributed by atoms with van der Waals surface area (Å²) in [7, 11) is 1.59. The molecule has 0 spiro atoms. The van der Waals surface area contributed by atoms with Crippen molar-refractivity contribution in [3.63, 3.8) is 0 Å². The number of nitrogens with one attached hydrogen (secondary N) is 1. The maximum atomic E-state index is 10.5. The molecule has 6 heteroatoms. The monoisotopic (exact) mass is 271 g/mol. The van der Waals surface area contributed by atoms with Gasteiger partial charge in [-0.1, -0.05) is 12.1 Å². The fourth-order valence-electron chi connectivity index (χ4n) is 1.61. The molecule has 0 amide bonds. The van der Waals surface area contributed by atoms with E-state index in [1.165, 1.54) is 12.1 Å². The molecule has 0 fully saturated rings. The topological polar surface area (TPSA) is 76.8 Å². The first-order valence-corrected chi connectivity index (χ1v) is 5.87. The molecule has 0 aliphatic carbocycles. The number of hydrazone groups is 1. The Kier molecular flexibility index (Phi) is 4.28. The summed E-state index contributed by atoms with van der Waals surface area (Å²) < 4.78 is 5.20. The quantitative estimate of drug-likeness (QED) is 0.515. The number of ether oxygens (including phenoxy) is 1. The number of nitro groups is 1. The van der Waals surface area contributed by atoms with E-state index in [1.807, 2.05) is 24.3 Å². The third-order valence-corrected chi connectivity index (χ3v) is 2.61. The zero-order valence-electron chi connectivity index (χ0n) is 10.8. The summed E-state index contributed by atoms with van der Waals surface area (Å²) in [5, 5.41) is 14.6. The zero-order valence-corrected chi connectivity index (χ0v) is 10.8. The third kappa shape index (κ3) is 3.32. The summed E-state index contributed by atoms with van der Waals surface area (Å²) >= 11 is 0. The Morgan fingerprint density at radius 2 is 1.90 bits per heavy atom. The van der Waals surface area contributed by atoms with Gasteiger partial charge in [0, 0.05) is 17.7 Å². The van der Waals surface area contributed by atoms with Crippen LogP contribution in [0.5, 0.6) is 5.75 Å². The van der Waals surface area contributed by atoms with E-state index in [1.54, 1.807) is 25.5 Å². The molecule has 0 unspecified atom stereocenters. The van der Waals surface area contributed by atoms with Crippen LogP contribution in [-0.4, -0.2) is 18.2 Å². The van der Waals surface area contributed by atoms with E-state index in [-0.39, 0.29) is 5.69 Å². The van der Waals surface area contributed by atoms with Crippen molar-refractivity contribution >= 4 is 17.6 Å². The van der Waals surface area contributed by atoms with Gasteiger partial charge in [0.2, 0.25) is 0 Å². The van der Waals surface area contributed by atoms with Gasteiger partial charge in [-0.3, -0.25) is 15.5 Å². The van der Waals surface area contributed by atoms with Gasteiger partial charge in [0.05, 0.1) is 23.9 Å². The van der Waals surface area contributed by atoms with Gasteiger partial charge in [-0.05, 0) is 24.3 Å². The van der Waals surface area contributed by atoms with E-state index in [2.05, 4.69) is 10.5 Å². The Morgan fingerprint density at radius 1 is 1.20 bits per heavy atom. The maximum absolute atomic E-state index is 10.5. The van der Waals surface area contributed by atoms with E-state index in [4.69, 9.17) is 4.74 Å². The number of methoxy groups -OCH3 is 1. The minimum atomic E-state index is -0.443. The normalized spacial score (nSPS) is 10.4. The maximum Gasteiger partial charge on any atom is 0.269 e. The van der Waals surface area contributed by atoms with Crippen LogP contribution in [0.3, 0.4) is 0 Å². The van der Waals surface area contributed by atoms with E-state index < -0.39 is 4.92 Å². The van der Waals surface area contributed by atoms with Gasteiger partial charge in [0.1, 0.15) is 5.75 Å². The van der Waals surface area contributed by atoms with E-state index in [0.29, 0.717) is 5.69 Å². The van der Waals surface area contributed by atoms with Crippen LogP contribution in [0, 0.1) is 10.1 Å². The van der Waals surface area contributed by atoms with Crippen molar-refractivity contribution in [2.75, 3.05) is 12.5 Å². The molecule has 2 aromatic rings. The van der Waals surface area contributed by atoms with Crippen LogP contribution in [0.25, 0.3) is 0 Å². The average molecular weight is 271 g/mol. The van der Waals surface area contributed by atoms with Crippen LogP contribution in [-0.2, 0) is 0 Å². The fraction of sp³-hybridized carbons (Fsp3) is 0.0714. The van der Waals surface area contributed by atoms with Crippen LogP contribution in [0.15, 0.2) is 53.6 Å². The van der Waals surface area contributed by atoms with E-state index >= 15 is 0 Å². The molecular formula is C14H13N3O3. The highest BCUT2D eigenvalue weighted by Crippen LogP contribution is 2.16. The number of nitro benzene ring substituents is 1. The lowest BCUT2D eigenvalue weighted by atomic mass is 10.2. The van der Waals surface area contributed by atoms with Gasteiger partial charge >= 0.3 is 0 Å². The Balaban J connectivity index is 2.04. The number of non-ortho nitro benzene ring substituents is 1. The first-order chi connectivity index (χ1) is 9.70. The van der Waals surface area contributed by atoms with Crippen LogP contribution in [0.2, 0.25) is 0 Å². The second kappa shape index (κ2) is 6.33. The standard InChI is InChI=1S/C14H13N3O3/c1-20-14-5-3-2-4-11(14)10-15-16-12-6-8-13(9-7-12)17(18)19/h2-10,16H,1H3/b15-10+. The highest BCUT2D eigenvalue weighted by Gasteiger charge is 2.03. The predicted molar refractivity (Wildman–Crippen MR) is 77.3 cm³/mol. The van der Waals surface area contributed by atoms with Crippen LogP contribution < -0.4 is 10.2 Å². The summed E-state index contributed by atoms with van der Waals surface area (Å²) in [6, 6.07) is 13.5. The van der Waals surface area contributed by atoms with Gasteiger partial charge in [0.25, 0.3) is 5.69 Å². The SMILES string of the molecule is COc1ccccc1/C=N/Nc1ccc([N+](=O)[O-])cc1. The highest BCUT2D eigenvalue weighted by atomic mass is 16.6. The lowest BCUT2D eigenvalue weighted by Crippen LogP contribution is -1.94. The van der Waals surface area contributed by atoms with Crippen molar-refractivity contribution in [1.29, 1.82) is 0 Å². The minimum absolute atomic E-state index is 0.0456. The molecule has 2 rings (SSSR count). The third-order valence-electron chi connectivity index (χ3n) is 2.61. The summed E-state index contributed by atoms with van der Waals surface area (Å²) in [5.41, 5.74) is 4.35. The molecule has 0 aromatic heterocycles. The Labute approximate surface area is 115 Å². The largest absolute Gasteiger partial charge is 0.496 e. The molecule has 102 valence electrons. The first-order valence-electron chi connectivity index (χ1n) is 5.87. The number of para-hydroxylation sites is 1. The highest BCUT2D eigenvalue weighted by molar-refractivity contribution is 5.83. The van der Waals surface area contributed by atoms with Gasteiger partial charge in [0.15, 0.2) is 0 Å². The smallest absolute Gasteiger partial charge is 0.269 e. The Hall–Kier alpha value is -2.89. The van der Waals surface area contributed by atoms with Crippen molar-refractivity contribution in [2.24, 2.45) is 5.10 Å². The molecule has 0 aliphatic rings. The van der Waals surface area contributed by atoms with Gasteiger partial charge in [-0.15, -0.1) is 0 Å². The molecule has 0 saturated heterocycles. The number of hydrogen-bond acceptors (Lipinski definition) is 5. The molecule has 0 heterocycles. The van der Waals surface area contributed by atoms with E-state index in [0.717, 1.165) is 11.3 Å². The molecule has 0 aliphatic heterocycles. The number of rotatable bonds is 5. The van der Waals surface area contributed by atoms with Crippen molar-refractivity contribution in [1.82, 2.24) is 0 Å². The second-order valence-corrected chi connectivity index (χ2v) is 3.92. The Morgan fingerprint density at radius 3 is 2.55 bits per heavy atom. The van der Waals surface area contributed by atoms with Crippen molar-refractivity contribution in [3.05, 3.63) is 64.2 Å². The molecule has 0 radical (unpaired) electrons. The molecule has 0 atom stereocenters. The Bertz CT molecular complexity index is 624. The predicted octanol–water partition coefficient (Wildman–Crippen LogP) is 3.05. The number of benzene rings is 2. The summed E-state index contributed by atoms with van der Waals surface area (Å²) in [6.45, 7) is 0. The first kappa shape index (κ1) is 13.5. The van der Waals surface area contributed by atoms with Crippen molar-refractivity contribution in [2.45, 2.75) is 0 Å². The fourth-order valence-corrected chi connectivity index (χ4v) is 1.61. The number of hydrogen-bond donors (Lipinski definition) is 1. The average Bonchev–Trinajstić information content (AvgIpc) is 2.48. The molecule has 2 aromatic carbocycles. The minimum Gasteiger partial charge on any atom is -0.496 e. The molecule has 20 heavy (non-hydrogen) atoms. The van der Waals surface area contributed by atoms with Gasteiger partial charge in [-0.2, -0.15) is 5.10 Å². The summed E-state index contributed by atoms with van der Waals surface area (Å²) in [6.07, 6.45) is 1.63. The molecule has 1 N–H and O–H groups in total. The zero-order chi connectivity index (χ0) is 14.4. The second-order valence-electron chi connectivity index (χ2n) is 3.92. The lowest BCUT2D eigenvalue weighted by Gasteiger charge is -2.03. The number of nitrogens with zero attached hydrogens (tertiary/aromatic N) is 2. The van der Waals surface area contributed by atoms with Crippen LogP contribution >= 0.6 is 0 Å². The van der Waals surface area contributed by atoms with Gasteiger partial charge < -0.3 is 4.74 Å². The van der Waals surface area contributed by atoms with Gasteiger partial charge in [-0.25, -0.2) is 0 Å². The molecule has 6 nitrogen and oxygen atoms in total.